The van der Waals surface area contributed by atoms with Gasteiger partial charge < -0.3 is 16.0 Å². The summed E-state index contributed by atoms with van der Waals surface area (Å²) in [6.45, 7) is 3.41. The van der Waals surface area contributed by atoms with Crippen molar-refractivity contribution in [2.45, 2.75) is 6.42 Å². The third kappa shape index (κ3) is 2.36. The van der Waals surface area contributed by atoms with E-state index >= 15 is 0 Å². The molecule has 2 heterocycles. The lowest BCUT2D eigenvalue weighted by Gasteiger charge is -2.10. The van der Waals surface area contributed by atoms with E-state index in [4.69, 9.17) is 5.73 Å². The van der Waals surface area contributed by atoms with Crippen molar-refractivity contribution in [2.75, 3.05) is 37.7 Å². The number of nitrogens with two attached hydrogens (primary N) is 1. The summed E-state index contributed by atoms with van der Waals surface area (Å²) in [5, 5.41) is 5.04. The van der Waals surface area contributed by atoms with Crippen molar-refractivity contribution in [3.8, 4) is 0 Å². The number of hydrogen-bond acceptors (Lipinski definition) is 5. The average Bonchev–Trinajstić information content (AvgIpc) is 2.72. The van der Waals surface area contributed by atoms with E-state index in [0.29, 0.717) is 0 Å². The van der Waals surface area contributed by atoms with E-state index in [1.807, 2.05) is 0 Å². The van der Waals surface area contributed by atoms with Crippen LogP contribution in [-0.4, -0.2) is 36.6 Å². The highest BCUT2D eigenvalue weighted by atomic mass is 32.1. The van der Waals surface area contributed by atoms with Crippen LogP contribution >= 0.6 is 11.3 Å². The van der Waals surface area contributed by atoms with E-state index in [2.05, 4.69) is 22.2 Å². The molecule has 0 bridgehead atoms. The van der Waals surface area contributed by atoms with Crippen LogP contribution in [0.2, 0.25) is 0 Å². The van der Waals surface area contributed by atoms with Gasteiger partial charge in [-0.25, -0.2) is 4.98 Å². The first-order valence-electron chi connectivity index (χ1n) is 4.88. The van der Waals surface area contributed by atoms with Crippen molar-refractivity contribution >= 4 is 21.5 Å². The number of nitrogen functional groups attached to an aromatic ring is 1. The SMILES string of the molecule is CN1CCC(CNc2ncc(N)s2)C1. The number of nitrogens with zero attached hydrogens (tertiary/aromatic N) is 2. The van der Waals surface area contributed by atoms with Crippen LogP contribution in [0.4, 0.5) is 10.1 Å². The Morgan fingerprint density at radius 1 is 1.79 bits per heavy atom. The molecule has 1 aromatic heterocycles. The molecule has 0 amide bonds. The highest BCUT2D eigenvalue weighted by Crippen LogP contribution is 2.21. The van der Waals surface area contributed by atoms with Gasteiger partial charge in [-0.3, -0.25) is 0 Å². The molecule has 1 saturated heterocycles. The van der Waals surface area contributed by atoms with Crippen molar-refractivity contribution in [1.29, 1.82) is 0 Å². The fourth-order valence-electron chi connectivity index (χ4n) is 1.79. The van der Waals surface area contributed by atoms with Gasteiger partial charge >= 0.3 is 0 Å². The molecule has 0 spiro atoms. The van der Waals surface area contributed by atoms with E-state index in [1.54, 1.807) is 6.20 Å². The first-order valence-corrected chi connectivity index (χ1v) is 5.69. The molecule has 1 fully saturated rings. The first-order chi connectivity index (χ1) is 6.74. The Morgan fingerprint density at radius 3 is 3.21 bits per heavy atom. The Bertz CT molecular complexity index is 299. The molecule has 2 rings (SSSR count). The number of rotatable bonds is 3. The van der Waals surface area contributed by atoms with Gasteiger partial charge in [-0.1, -0.05) is 11.3 Å². The van der Waals surface area contributed by atoms with Gasteiger partial charge in [-0.15, -0.1) is 0 Å². The Labute approximate surface area is 88.1 Å². The third-order valence-corrected chi connectivity index (χ3v) is 3.34. The van der Waals surface area contributed by atoms with Gasteiger partial charge in [0.1, 0.15) is 5.00 Å². The van der Waals surface area contributed by atoms with E-state index in [-0.39, 0.29) is 0 Å². The number of likely N-dealkylation sites (tertiary alicyclic amines) is 1. The molecule has 5 heteroatoms. The van der Waals surface area contributed by atoms with Crippen molar-refractivity contribution < 1.29 is 0 Å². The largest absolute Gasteiger partial charge is 0.389 e. The second-order valence-corrected chi connectivity index (χ2v) is 4.93. The van der Waals surface area contributed by atoms with Crippen LogP contribution in [0.15, 0.2) is 6.20 Å². The molecule has 1 unspecified atom stereocenters. The lowest BCUT2D eigenvalue weighted by atomic mass is 10.1. The van der Waals surface area contributed by atoms with Gasteiger partial charge in [0.2, 0.25) is 0 Å². The molecule has 1 atom stereocenters. The van der Waals surface area contributed by atoms with Gasteiger partial charge in [0.15, 0.2) is 5.13 Å². The van der Waals surface area contributed by atoms with Crippen LogP contribution in [0.1, 0.15) is 6.42 Å². The van der Waals surface area contributed by atoms with Crippen LogP contribution < -0.4 is 11.1 Å². The lowest BCUT2D eigenvalue weighted by molar-refractivity contribution is 0.399. The van der Waals surface area contributed by atoms with Crippen LogP contribution in [0.25, 0.3) is 0 Å². The maximum Gasteiger partial charge on any atom is 0.184 e. The Balaban J connectivity index is 1.77. The molecule has 0 radical (unpaired) electrons. The molecule has 14 heavy (non-hydrogen) atoms. The molecule has 78 valence electrons. The molecule has 4 nitrogen and oxygen atoms in total. The minimum absolute atomic E-state index is 0.755. The molecule has 1 aromatic rings. The predicted molar refractivity (Wildman–Crippen MR) is 60.6 cm³/mol. The molecule has 1 aliphatic heterocycles. The number of anilines is 2. The zero-order valence-corrected chi connectivity index (χ0v) is 9.18. The smallest absolute Gasteiger partial charge is 0.184 e. The van der Waals surface area contributed by atoms with Crippen LogP contribution in [0.3, 0.4) is 0 Å². The summed E-state index contributed by atoms with van der Waals surface area (Å²) in [7, 11) is 2.17. The van der Waals surface area contributed by atoms with Crippen molar-refractivity contribution in [2.24, 2.45) is 5.92 Å². The van der Waals surface area contributed by atoms with Crippen LogP contribution in [0.5, 0.6) is 0 Å². The molecule has 1 aliphatic rings. The lowest BCUT2D eigenvalue weighted by Crippen LogP contribution is -2.18. The Hall–Kier alpha value is -0.810. The summed E-state index contributed by atoms with van der Waals surface area (Å²) in [5.41, 5.74) is 5.59. The summed E-state index contributed by atoms with van der Waals surface area (Å²) in [4.78, 5) is 6.53. The quantitative estimate of drug-likeness (QED) is 0.787. The Morgan fingerprint density at radius 2 is 2.64 bits per heavy atom. The summed E-state index contributed by atoms with van der Waals surface area (Å²) < 4.78 is 0. The number of hydrogen-bond donors (Lipinski definition) is 2. The zero-order chi connectivity index (χ0) is 9.97. The van der Waals surface area contributed by atoms with Gasteiger partial charge in [0.05, 0.1) is 6.20 Å². The highest BCUT2D eigenvalue weighted by Gasteiger charge is 2.19. The van der Waals surface area contributed by atoms with Crippen molar-refractivity contribution in [3.63, 3.8) is 0 Å². The summed E-state index contributed by atoms with van der Waals surface area (Å²) in [6.07, 6.45) is 2.98. The van der Waals surface area contributed by atoms with Crippen LogP contribution in [0, 0.1) is 5.92 Å². The van der Waals surface area contributed by atoms with E-state index in [1.165, 1.54) is 30.8 Å². The van der Waals surface area contributed by atoms with Crippen molar-refractivity contribution in [1.82, 2.24) is 9.88 Å². The second-order valence-electron chi connectivity index (χ2n) is 3.87. The predicted octanol–water partition coefficient (Wildman–Crippen LogP) is 1.09. The molecule has 0 aliphatic carbocycles. The van der Waals surface area contributed by atoms with Gasteiger partial charge in [-0.2, -0.15) is 0 Å². The summed E-state index contributed by atoms with van der Waals surface area (Å²) in [6, 6.07) is 0. The zero-order valence-electron chi connectivity index (χ0n) is 8.36. The minimum atomic E-state index is 0.755. The van der Waals surface area contributed by atoms with E-state index < -0.39 is 0 Å². The van der Waals surface area contributed by atoms with Gasteiger partial charge in [0.25, 0.3) is 0 Å². The monoisotopic (exact) mass is 212 g/mol. The summed E-state index contributed by atoms with van der Waals surface area (Å²) in [5.74, 6) is 0.755. The number of thiazole rings is 1. The highest BCUT2D eigenvalue weighted by molar-refractivity contribution is 7.19. The third-order valence-electron chi connectivity index (χ3n) is 2.55. The second kappa shape index (κ2) is 4.14. The van der Waals surface area contributed by atoms with Crippen molar-refractivity contribution in [3.05, 3.63) is 6.20 Å². The molecule has 3 N–H and O–H groups in total. The maximum absolute atomic E-state index is 5.59. The Kier molecular flexibility index (Phi) is 2.88. The van der Waals surface area contributed by atoms with Gasteiger partial charge in [-0.05, 0) is 25.9 Å². The molecular weight excluding hydrogens is 196 g/mol. The van der Waals surface area contributed by atoms with E-state index in [9.17, 15) is 0 Å². The average molecular weight is 212 g/mol. The molecular formula is C9H16N4S. The number of aromatic nitrogens is 1. The van der Waals surface area contributed by atoms with Gasteiger partial charge in [0, 0.05) is 13.1 Å². The first kappa shape index (κ1) is 9.73. The summed E-state index contributed by atoms with van der Waals surface area (Å²) >= 11 is 1.51. The fraction of sp³-hybridized carbons (Fsp3) is 0.667. The molecule has 0 saturated carbocycles. The molecule has 0 aromatic carbocycles. The topological polar surface area (TPSA) is 54.2 Å². The maximum atomic E-state index is 5.59. The normalized spacial score (nSPS) is 22.8. The standard InChI is InChI=1S/C9H16N4S/c1-13-3-2-7(6-13)4-11-9-12-5-8(10)14-9/h5,7H,2-4,6,10H2,1H3,(H,11,12). The fourth-order valence-corrected chi connectivity index (χ4v) is 2.38. The van der Waals surface area contributed by atoms with Crippen LogP contribution in [-0.2, 0) is 0 Å². The minimum Gasteiger partial charge on any atom is -0.389 e. The van der Waals surface area contributed by atoms with E-state index in [0.717, 1.165) is 22.6 Å². The number of nitrogens with one attached hydrogen (secondary N) is 1.